The maximum absolute atomic E-state index is 12.2. The van der Waals surface area contributed by atoms with Crippen molar-refractivity contribution < 1.29 is 32.9 Å². The lowest BCUT2D eigenvalue weighted by Gasteiger charge is -2.32. The molecular formula is C20H21F2NO5. The molecule has 150 valence electrons. The lowest BCUT2D eigenvalue weighted by Crippen LogP contribution is -2.39. The van der Waals surface area contributed by atoms with Crippen molar-refractivity contribution >= 4 is 5.97 Å². The van der Waals surface area contributed by atoms with Crippen LogP contribution < -0.4 is 9.47 Å². The fraction of sp³-hybridized carbons (Fsp3) is 0.350. The van der Waals surface area contributed by atoms with E-state index in [4.69, 9.17) is 14.6 Å². The summed E-state index contributed by atoms with van der Waals surface area (Å²) in [5.41, 5.74) is 0.980. The van der Waals surface area contributed by atoms with Crippen molar-refractivity contribution in [2.45, 2.75) is 19.1 Å². The van der Waals surface area contributed by atoms with Crippen molar-refractivity contribution in [2.24, 2.45) is 0 Å². The number of carbonyl (C=O) groups is 1. The molecule has 28 heavy (non-hydrogen) atoms. The number of carboxylic acid groups (broad SMARTS) is 1. The fourth-order valence-corrected chi connectivity index (χ4v) is 2.94. The standard InChI is InChI=1S/C20H21F2NO5/c21-20(22)28-17-7-5-16(6-8-17)27-15-3-1-14(2-4-15)18-13-23(11-12-26-18)10-9-19(24)25/h1-8,18,20H,9-13H2,(H,24,25). The first-order valence-electron chi connectivity index (χ1n) is 8.88. The second-order valence-electron chi connectivity index (χ2n) is 6.32. The van der Waals surface area contributed by atoms with Crippen LogP contribution in [0.3, 0.4) is 0 Å². The number of rotatable bonds is 8. The average Bonchev–Trinajstić information content (AvgIpc) is 2.68. The average molecular weight is 393 g/mol. The maximum atomic E-state index is 12.2. The van der Waals surface area contributed by atoms with Crippen molar-refractivity contribution in [2.75, 3.05) is 26.2 Å². The van der Waals surface area contributed by atoms with Crippen LogP contribution in [0.4, 0.5) is 8.78 Å². The molecule has 1 aliphatic heterocycles. The number of benzene rings is 2. The Morgan fingerprint density at radius 1 is 1.11 bits per heavy atom. The molecule has 3 rings (SSSR count). The number of aliphatic carboxylic acids is 1. The van der Waals surface area contributed by atoms with E-state index < -0.39 is 12.6 Å². The number of hydrogen-bond acceptors (Lipinski definition) is 5. The SMILES string of the molecule is O=C(O)CCN1CCOC(c2ccc(Oc3ccc(OC(F)F)cc3)cc2)C1. The van der Waals surface area contributed by atoms with E-state index in [1.54, 1.807) is 24.3 Å². The van der Waals surface area contributed by atoms with E-state index in [0.29, 0.717) is 31.2 Å². The zero-order chi connectivity index (χ0) is 19.9. The summed E-state index contributed by atoms with van der Waals surface area (Å²) in [6.45, 7) is -0.451. The van der Waals surface area contributed by atoms with Crippen LogP contribution in [0.15, 0.2) is 48.5 Å². The predicted molar refractivity (Wildman–Crippen MR) is 97.0 cm³/mol. The van der Waals surface area contributed by atoms with Crippen LogP contribution in [-0.2, 0) is 9.53 Å². The molecule has 8 heteroatoms. The third-order valence-corrected chi connectivity index (χ3v) is 4.33. The second kappa shape index (κ2) is 9.48. The normalized spacial score (nSPS) is 17.5. The summed E-state index contributed by atoms with van der Waals surface area (Å²) in [7, 11) is 0. The van der Waals surface area contributed by atoms with E-state index in [-0.39, 0.29) is 18.3 Å². The zero-order valence-electron chi connectivity index (χ0n) is 15.1. The van der Waals surface area contributed by atoms with Gasteiger partial charge in [-0.25, -0.2) is 0 Å². The predicted octanol–water partition coefficient (Wildman–Crippen LogP) is 3.93. The van der Waals surface area contributed by atoms with Crippen molar-refractivity contribution in [3.05, 3.63) is 54.1 Å². The first-order chi connectivity index (χ1) is 13.5. The highest BCUT2D eigenvalue weighted by molar-refractivity contribution is 5.66. The summed E-state index contributed by atoms with van der Waals surface area (Å²) < 4.78 is 40.1. The highest BCUT2D eigenvalue weighted by atomic mass is 19.3. The Balaban J connectivity index is 1.56. The summed E-state index contributed by atoms with van der Waals surface area (Å²) in [4.78, 5) is 12.8. The van der Waals surface area contributed by atoms with Gasteiger partial charge in [0.25, 0.3) is 0 Å². The number of alkyl halides is 2. The zero-order valence-corrected chi connectivity index (χ0v) is 15.1. The molecule has 1 aliphatic rings. The Hall–Kier alpha value is -2.71. The Labute approximate surface area is 161 Å². The maximum Gasteiger partial charge on any atom is 0.387 e. The van der Waals surface area contributed by atoms with Gasteiger partial charge >= 0.3 is 12.6 Å². The monoisotopic (exact) mass is 393 g/mol. The minimum atomic E-state index is -2.86. The quantitative estimate of drug-likeness (QED) is 0.733. The molecular weight excluding hydrogens is 372 g/mol. The molecule has 0 radical (unpaired) electrons. The van der Waals surface area contributed by atoms with Crippen LogP contribution in [-0.4, -0.2) is 48.8 Å². The van der Waals surface area contributed by atoms with E-state index in [2.05, 4.69) is 9.64 Å². The van der Waals surface area contributed by atoms with Gasteiger partial charge in [0.05, 0.1) is 19.1 Å². The molecule has 1 N–H and O–H groups in total. The third-order valence-electron chi connectivity index (χ3n) is 4.33. The van der Waals surface area contributed by atoms with E-state index in [9.17, 15) is 13.6 Å². The van der Waals surface area contributed by atoms with Crippen molar-refractivity contribution in [3.63, 3.8) is 0 Å². The minimum absolute atomic E-state index is 0.0691. The van der Waals surface area contributed by atoms with Gasteiger partial charge in [0.2, 0.25) is 0 Å². The molecule has 0 spiro atoms. The first kappa shape index (κ1) is 20.0. The van der Waals surface area contributed by atoms with Gasteiger partial charge in [-0.1, -0.05) is 12.1 Å². The van der Waals surface area contributed by atoms with Crippen LogP contribution in [0.1, 0.15) is 18.1 Å². The Morgan fingerprint density at radius 3 is 2.32 bits per heavy atom. The Bertz CT molecular complexity index is 767. The van der Waals surface area contributed by atoms with Crippen LogP contribution in [0.5, 0.6) is 17.2 Å². The van der Waals surface area contributed by atoms with Gasteiger partial charge in [-0.2, -0.15) is 8.78 Å². The number of ether oxygens (including phenoxy) is 3. The van der Waals surface area contributed by atoms with Crippen LogP contribution in [0.25, 0.3) is 0 Å². The fourth-order valence-electron chi connectivity index (χ4n) is 2.94. The van der Waals surface area contributed by atoms with Crippen molar-refractivity contribution in [1.82, 2.24) is 4.90 Å². The summed E-state index contributed by atoms with van der Waals surface area (Å²) in [6, 6.07) is 13.3. The van der Waals surface area contributed by atoms with Crippen LogP contribution >= 0.6 is 0 Å². The minimum Gasteiger partial charge on any atom is -0.481 e. The van der Waals surface area contributed by atoms with E-state index >= 15 is 0 Å². The van der Waals surface area contributed by atoms with Gasteiger partial charge in [-0.15, -0.1) is 0 Å². The summed E-state index contributed by atoms with van der Waals surface area (Å²) in [5, 5.41) is 8.82. The third kappa shape index (κ3) is 5.90. The molecule has 0 aromatic heterocycles. The molecule has 1 fully saturated rings. The Kier molecular flexibility index (Phi) is 6.78. The molecule has 1 unspecified atom stereocenters. The van der Waals surface area contributed by atoms with Gasteiger partial charge in [0.15, 0.2) is 0 Å². The molecule has 1 heterocycles. The van der Waals surface area contributed by atoms with Gasteiger partial charge in [-0.3, -0.25) is 9.69 Å². The van der Waals surface area contributed by atoms with Crippen LogP contribution in [0.2, 0.25) is 0 Å². The molecule has 0 amide bonds. The lowest BCUT2D eigenvalue weighted by molar-refractivity contribution is -0.137. The molecule has 1 atom stereocenters. The molecule has 0 aliphatic carbocycles. The molecule has 1 saturated heterocycles. The number of carboxylic acids is 1. The van der Waals surface area contributed by atoms with Crippen LogP contribution in [0, 0.1) is 0 Å². The second-order valence-corrected chi connectivity index (χ2v) is 6.32. The van der Waals surface area contributed by atoms with E-state index in [1.807, 2.05) is 12.1 Å². The Morgan fingerprint density at radius 2 is 1.71 bits per heavy atom. The summed E-state index contributed by atoms with van der Waals surface area (Å²) in [5.74, 6) is 0.367. The number of nitrogens with zero attached hydrogens (tertiary/aromatic N) is 1. The molecule has 0 bridgehead atoms. The van der Waals surface area contributed by atoms with E-state index in [0.717, 1.165) is 12.1 Å². The lowest BCUT2D eigenvalue weighted by atomic mass is 10.1. The van der Waals surface area contributed by atoms with Gasteiger partial charge < -0.3 is 19.3 Å². The molecule has 2 aromatic rings. The highest BCUT2D eigenvalue weighted by Crippen LogP contribution is 2.28. The smallest absolute Gasteiger partial charge is 0.387 e. The van der Waals surface area contributed by atoms with Gasteiger partial charge in [0, 0.05) is 19.6 Å². The van der Waals surface area contributed by atoms with Gasteiger partial charge in [-0.05, 0) is 42.0 Å². The molecule has 6 nitrogen and oxygen atoms in total. The van der Waals surface area contributed by atoms with E-state index in [1.165, 1.54) is 12.1 Å². The largest absolute Gasteiger partial charge is 0.481 e. The number of hydrogen-bond donors (Lipinski definition) is 1. The molecule has 0 saturated carbocycles. The highest BCUT2D eigenvalue weighted by Gasteiger charge is 2.22. The number of halogens is 2. The first-order valence-corrected chi connectivity index (χ1v) is 8.88. The summed E-state index contributed by atoms with van der Waals surface area (Å²) in [6.07, 6.45) is -0.0111. The summed E-state index contributed by atoms with van der Waals surface area (Å²) >= 11 is 0. The molecule has 2 aromatic carbocycles. The topological polar surface area (TPSA) is 68.2 Å². The van der Waals surface area contributed by atoms with Gasteiger partial charge in [0.1, 0.15) is 17.2 Å². The van der Waals surface area contributed by atoms with Crippen molar-refractivity contribution in [3.8, 4) is 17.2 Å². The number of morpholine rings is 1. The van der Waals surface area contributed by atoms with Crippen molar-refractivity contribution in [1.29, 1.82) is 0 Å².